The average molecular weight is 1200 g/mol. The van der Waals surface area contributed by atoms with E-state index < -0.39 is 81.7 Å². The van der Waals surface area contributed by atoms with Gasteiger partial charge in [-0.2, -0.15) is 52.7 Å². The van der Waals surface area contributed by atoms with Crippen molar-refractivity contribution in [2.45, 2.75) is 36.8 Å². The molecule has 16 heteroatoms. The van der Waals surface area contributed by atoms with E-state index in [1.54, 1.807) is 182 Å². The van der Waals surface area contributed by atoms with Gasteiger partial charge in [0.15, 0.2) is 0 Å². The van der Waals surface area contributed by atoms with Crippen molar-refractivity contribution in [1.82, 2.24) is 0 Å². The van der Waals surface area contributed by atoms with Crippen LogP contribution in [0.5, 0.6) is 11.5 Å². The van der Waals surface area contributed by atoms with Gasteiger partial charge in [-0.3, -0.25) is 9.98 Å². The molecule has 0 aliphatic carbocycles. The number of aromatic hydroxyl groups is 2. The number of hydrogen-bond donors (Lipinski definition) is 2. The minimum atomic E-state index is -5.16. The summed E-state index contributed by atoms with van der Waals surface area (Å²) < 4.78 is 174. The quantitative estimate of drug-likeness (QED) is 0.100. The lowest BCUT2D eigenvalue weighted by Gasteiger charge is -2.23. The Labute approximate surface area is 494 Å². The molecule has 0 saturated carbocycles. The Morgan fingerprint density at radius 1 is 0.295 bits per heavy atom. The first kappa shape index (κ1) is 58.2. The number of hydrogen-bond acceptors (Lipinski definition) is 4. The van der Waals surface area contributed by atoms with Crippen molar-refractivity contribution in [3.8, 4) is 56.0 Å². The van der Waals surface area contributed by atoms with Crippen LogP contribution >= 0.6 is 0 Å². The minimum Gasteiger partial charge on any atom is -0.507 e. The molecule has 2 N–H and O–H groups in total. The van der Waals surface area contributed by atoms with Crippen LogP contribution in [0.15, 0.2) is 241 Å². The highest BCUT2D eigenvalue weighted by molar-refractivity contribution is 6.16. The number of phenolic OH excluding ortho intramolecular Hbond substituents is 2. The van der Waals surface area contributed by atoms with Gasteiger partial charge in [0.25, 0.3) is 0 Å². The Morgan fingerprint density at radius 3 is 0.898 bits per heavy atom. The molecule has 4 nitrogen and oxygen atoms in total. The average Bonchev–Trinajstić information content (AvgIpc) is 0.792. The molecular formula is C72H44F12N2O2. The molecule has 12 rings (SSSR count). The van der Waals surface area contributed by atoms with E-state index in [1.807, 2.05) is 0 Å². The number of benzene rings is 12. The van der Waals surface area contributed by atoms with Gasteiger partial charge in [-0.1, -0.05) is 182 Å². The summed E-state index contributed by atoms with van der Waals surface area (Å²) in [6.45, 7) is 0. The summed E-state index contributed by atoms with van der Waals surface area (Å²) in [7, 11) is 0. The van der Waals surface area contributed by atoms with Crippen LogP contribution in [-0.4, -0.2) is 22.6 Å². The Balaban J connectivity index is 1.05. The highest BCUT2D eigenvalue weighted by Gasteiger charge is 2.39. The molecule has 0 bridgehead atoms. The summed E-state index contributed by atoms with van der Waals surface area (Å²) in [4.78, 5) is 10.3. The second kappa shape index (κ2) is 22.6. The molecular weight excluding hydrogens is 1150 g/mol. The molecule has 0 aromatic heterocycles. The lowest BCUT2D eigenvalue weighted by Crippen LogP contribution is -2.11. The number of halogens is 12. The van der Waals surface area contributed by atoms with E-state index in [4.69, 9.17) is 9.98 Å². The van der Waals surface area contributed by atoms with E-state index in [0.717, 1.165) is 0 Å². The van der Waals surface area contributed by atoms with Gasteiger partial charge in [0.2, 0.25) is 0 Å². The molecule has 0 amide bonds. The van der Waals surface area contributed by atoms with Crippen LogP contribution in [0.1, 0.15) is 56.6 Å². The predicted molar refractivity (Wildman–Crippen MR) is 322 cm³/mol. The summed E-state index contributed by atoms with van der Waals surface area (Å²) >= 11 is 0. The third-order valence-corrected chi connectivity index (χ3v) is 15.6. The molecule has 2 atom stereocenters. The second-order valence-corrected chi connectivity index (χ2v) is 21.1. The number of aliphatic imine (C=N–C) groups is 2. The fraction of sp³-hybridized carbons (Fsp3) is 0.0833. The number of rotatable bonds is 11. The van der Waals surface area contributed by atoms with Crippen LogP contribution in [0.2, 0.25) is 0 Å². The smallest absolute Gasteiger partial charge is 0.416 e. The van der Waals surface area contributed by atoms with Gasteiger partial charge < -0.3 is 10.2 Å². The van der Waals surface area contributed by atoms with E-state index in [1.165, 1.54) is 24.6 Å². The minimum absolute atomic E-state index is 0.0338. The van der Waals surface area contributed by atoms with Crippen molar-refractivity contribution in [2.24, 2.45) is 9.98 Å². The number of nitrogens with zero attached hydrogens (tertiary/aromatic N) is 2. The van der Waals surface area contributed by atoms with Crippen LogP contribution < -0.4 is 0 Å². The van der Waals surface area contributed by atoms with Crippen molar-refractivity contribution in [2.75, 3.05) is 0 Å². The van der Waals surface area contributed by atoms with Crippen LogP contribution in [-0.2, 0) is 24.7 Å². The zero-order valence-corrected chi connectivity index (χ0v) is 45.6. The summed E-state index contributed by atoms with van der Waals surface area (Å²) in [5, 5.41) is 29.4. The topological polar surface area (TPSA) is 65.2 Å². The Kier molecular flexibility index (Phi) is 14.9. The van der Waals surface area contributed by atoms with E-state index in [-0.39, 0.29) is 56.6 Å². The molecule has 0 radical (unpaired) electrons. The first-order valence-corrected chi connectivity index (χ1v) is 27.3. The Bertz CT molecular complexity index is 4360. The zero-order valence-electron chi connectivity index (χ0n) is 45.6. The molecule has 0 aliphatic rings. The van der Waals surface area contributed by atoms with E-state index in [2.05, 4.69) is 0 Å². The largest absolute Gasteiger partial charge is 0.507 e. The fourth-order valence-corrected chi connectivity index (χ4v) is 11.5. The van der Waals surface area contributed by atoms with Gasteiger partial charge in [0.05, 0.1) is 22.3 Å². The van der Waals surface area contributed by atoms with Gasteiger partial charge >= 0.3 is 24.7 Å². The Morgan fingerprint density at radius 2 is 0.580 bits per heavy atom. The molecule has 0 unspecified atom stereocenters. The molecule has 88 heavy (non-hydrogen) atoms. The maximum atomic E-state index is 14.5. The molecule has 0 saturated heterocycles. The van der Waals surface area contributed by atoms with E-state index in [9.17, 15) is 62.9 Å². The third-order valence-electron chi connectivity index (χ3n) is 15.6. The predicted octanol–water partition coefficient (Wildman–Crippen LogP) is 21.5. The highest BCUT2D eigenvalue weighted by atomic mass is 19.4. The van der Waals surface area contributed by atoms with Gasteiger partial charge in [0, 0.05) is 45.8 Å². The molecule has 0 heterocycles. The van der Waals surface area contributed by atoms with Crippen LogP contribution in [0.3, 0.4) is 0 Å². The van der Waals surface area contributed by atoms with Gasteiger partial charge in [-0.05, 0) is 125 Å². The van der Waals surface area contributed by atoms with Gasteiger partial charge in [-0.25, -0.2) is 0 Å². The van der Waals surface area contributed by atoms with Crippen LogP contribution in [0.4, 0.5) is 52.7 Å². The van der Waals surface area contributed by atoms with Gasteiger partial charge in [0.1, 0.15) is 23.6 Å². The van der Waals surface area contributed by atoms with Crippen molar-refractivity contribution < 1.29 is 62.9 Å². The third kappa shape index (κ3) is 11.3. The van der Waals surface area contributed by atoms with E-state index in [0.29, 0.717) is 78.5 Å². The van der Waals surface area contributed by atoms with Crippen molar-refractivity contribution in [3.05, 3.63) is 275 Å². The normalized spacial score (nSPS) is 13.4. The molecule has 0 fully saturated rings. The summed E-state index contributed by atoms with van der Waals surface area (Å²) in [5.74, 6) is -0.813. The zero-order chi connectivity index (χ0) is 61.9. The van der Waals surface area contributed by atoms with Gasteiger partial charge in [-0.15, -0.1) is 0 Å². The maximum absolute atomic E-state index is 14.5. The Hall–Kier alpha value is -10.2. The van der Waals surface area contributed by atoms with Crippen molar-refractivity contribution in [3.63, 3.8) is 0 Å². The molecule has 0 aliphatic heterocycles. The molecule has 12 aromatic carbocycles. The SMILES string of the molecule is Oc1c(C=N[C@H](c2ccccc2)[C@H](N=Cc2cc3ccccc3c(-c3c(-c4cc(C(F)(F)F)cc(C(F)(F)F)c4)ccc4ccccc34)c2O)c2ccccc2)cc2ccccc2c1-c1c(-c2cc(C(F)(F)F)cc(C(F)(F)F)c2)ccc2ccccc12. The van der Waals surface area contributed by atoms with Crippen molar-refractivity contribution >= 4 is 55.5 Å². The second-order valence-electron chi connectivity index (χ2n) is 21.1. The lowest BCUT2D eigenvalue weighted by atomic mass is 9.85. The van der Waals surface area contributed by atoms with Crippen LogP contribution in [0, 0.1) is 0 Å². The number of fused-ring (bicyclic) bond motifs is 4. The van der Waals surface area contributed by atoms with E-state index >= 15 is 0 Å². The number of phenols is 2. The van der Waals surface area contributed by atoms with Crippen molar-refractivity contribution in [1.29, 1.82) is 0 Å². The highest BCUT2D eigenvalue weighted by Crippen LogP contribution is 2.51. The monoisotopic (exact) mass is 1200 g/mol. The summed E-state index contributed by atoms with van der Waals surface area (Å²) in [5.41, 5.74) is -5.07. The number of alkyl halides is 12. The fourth-order valence-electron chi connectivity index (χ4n) is 11.5. The first-order valence-electron chi connectivity index (χ1n) is 27.3. The summed E-state index contributed by atoms with van der Waals surface area (Å²) in [6.07, 6.45) is -17.8. The molecule has 438 valence electrons. The lowest BCUT2D eigenvalue weighted by molar-refractivity contribution is -0.144. The molecule has 12 aromatic rings. The maximum Gasteiger partial charge on any atom is 0.416 e. The van der Waals surface area contributed by atoms with Crippen LogP contribution in [0.25, 0.3) is 87.6 Å². The first-order chi connectivity index (χ1) is 42.0. The standard InChI is InChI=1S/C72H44F12N2O2/c73-69(74,75)51-33-47(34-52(37-51)70(76,77)78)59-29-27-41-15-7-11-23-55(41)61(59)63-57-25-13-9-21-45(57)31-49(67(63)87)39-85-65(43-17-3-1-4-18-43)66(44-19-5-2-6-20-44)86-40-50-32-46-22-10-14-26-58(46)64(68(50)88)62-56-24-12-8-16-42(56)28-30-60(62)48-35-53(71(79,80)81)38-54(36-48)72(82,83)84/h1-40,65-66,87-88H/t65-,66-/m1/s1. The molecule has 0 spiro atoms. The summed E-state index contributed by atoms with van der Waals surface area (Å²) in [6, 6.07) is 55.2.